The van der Waals surface area contributed by atoms with Crippen LogP contribution in [0, 0.1) is 0 Å². The van der Waals surface area contributed by atoms with E-state index in [-0.39, 0.29) is 0 Å². The Labute approximate surface area is 130 Å². The first-order valence-corrected chi connectivity index (χ1v) is 7.54. The van der Waals surface area contributed by atoms with Crippen molar-refractivity contribution >= 4 is 31.9 Å². The quantitative estimate of drug-likeness (QED) is 0.664. The highest BCUT2D eigenvalue weighted by molar-refractivity contribution is 9.10. The molecule has 0 heterocycles. The van der Waals surface area contributed by atoms with E-state index in [4.69, 9.17) is 9.47 Å². The minimum Gasteiger partial charge on any atom is -0.491 e. The van der Waals surface area contributed by atoms with Crippen molar-refractivity contribution in [1.82, 2.24) is 0 Å². The van der Waals surface area contributed by atoms with E-state index in [1.165, 1.54) is 0 Å². The van der Waals surface area contributed by atoms with E-state index < -0.39 is 0 Å². The van der Waals surface area contributed by atoms with Crippen molar-refractivity contribution in [3.8, 4) is 5.75 Å². The fourth-order valence-corrected chi connectivity index (χ4v) is 2.21. The second-order valence-corrected chi connectivity index (χ2v) is 5.72. The SMILES string of the molecule is Brc1ccc(OCCOCc2ccccc2Br)cc1. The third-order valence-electron chi connectivity index (χ3n) is 2.53. The van der Waals surface area contributed by atoms with Gasteiger partial charge in [-0.3, -0.25) is 0 Å². The van der Waals surface area contributed by atoms with Gasteiger partial charge in [-0.1, -0.05) is 50.1 Å². The predicted octanol–water partition coefficient (Wildman–Crippen LogP) is 4.81. The third kappa shape index (κ3) is 4.97. The molecule has 0 aliphatic carbocycles. The molecular formula is C15H14Br2O2. The van der Waals surface area contributed by atoms with Crippen LogP contribution in [0.15, 0.2) is 57.5 Å². The van der Waals surface area contributed by atoms with Gasteiger partial charge in [-0.2, -0.15) is 0 Å². The smallest absolute Gasteiger partial charge is 0.119 e. The molecule has 0 atom stereocenters. The molecule has 0 aliphatic rings. The highest BCUT2D eigenvalue weighted by atomic mass is 79.9. The fraction of sp³-hybridized carbons (Fsp3) is 0.200. The molecule has 4 heteroatoms. The van der Waals surface area contributed by atoms with Gasteiger partial charge in [-0.15, -0.1) is 0 Å². The average Bonchev–Trinajstić information content (AvgIpc) is 2.42. The van der Waals surface area contributed by atoms with Crippen LogP contribution in [-0.4, -0.2) is 13.2 Å². The van der Waals surface area contributed by atoms with Crippen LogP contribution in [0.3, 0.4) is 0 Å². The maximum atomic E-state index is 5.58. The Kier molecular flexibility index (Phi) is 5.89. The number of ether oxygens (including phenoxy) is 2. The Hall–Kier alpha value is -0.840. The van der Waals surface area contributed by atoms with E-state index in [9.17, 15) is 0 Å². The number of hydrogen-bond donors (Lipinski definition) is 0. The molecule has 2 aromatic rings. The van der Waals surface area contributed by atoms with Gasteiger partial charge in [0.2, 0.25) is 0 Å². The molecule has 0 N–H and O–H groups in total. The molecule has 100 valence electrons. The summed E-state index contributed by atoms with van der Waals surface area (Å²) in [7, 11) is 0. The van der Waals surface area contributed by atoms with Crippen LogP contribution in [0.4, 0.5) is 0 Å². The van der Waals surface area contributed by atoms with Crippen LogP contribution in [0.1, 0.15) is 5.56 Å². The van der Waals surface area contributed by atoms with Crippen LogP contribution >= 0.6 is 31.9 Å². The number of hydrogen-bond acceptors (Lipinski definition) is 2. The molecule has 0 aromatic heterocycles. The zero-order valence-corrected chi connectivity index (χ0v) is 13.5. The Morgan fingerprint density at radius 1 is 0.842 bits per heavy atom. The summed E-state index contributed by atoms with van der Waals surface area (Å²) in [5, 5.41) is 0. The maximum Gasteiger partial charge on any atom is 0.119 e. The van der Waals surface area contributed by atoms with Crippen LogP contribution in [0.25, 0.3) is 0 Å². The molecule has 0 unspecified atom stereocenters. The first-order valence-electron chi connectivity index (χ1n) is 5.95. The summed E-state index contributed by atoms with van der Waals surface area (Å²) < 4.78 is 13.3. The van der Waals surface area contributed by atoms with Gasteiger partial charge in [0.25, 0.3) is 0 Å². The molecule has 0 bridgehead atoms. The molecule has 2 nitrogen and oxygen atoms in total. The minimum atomic E-state index is 0.548. The number of rotatable bonds is 6. The number of benzene rings is 2. The van der Waals surface area contributed by atoms with Gasteiger partial charge < -0.3 is 9.47 Å². The monoisotopic (exact) mass is 384 g/mol. The molecule has 19 heavy (non-hydrogen) atoms. The van der Waals surface area contributed by atoms with E-state index in [1.54, 1.807) is 0 Å². The van der Waals surface area contributed by atoms with Gasteiger partial charge in [0.05, 0.1) is 13.2 Å². The van der Waals surface area contributed by atoms with Gasteiger partial charge in [-0.05, 0) is 35.9 Å². The van der Waals surface area contributed by atoms with Crippen molar-refractivity contribution in [1.29, 1.82) is 0 Å². The molecule has 0 spiro atoms. The van der Waals surface area contributed by atoms with Crippen molar-refractivity contribution in [3.05, 3.63) is 63.0 Å². The van der Waals surface area contributed by atoms with E-state index in [1.807, 2.05) is 48.5 Å². The summed E-state index contributed by atoms with van der Waals surface area (Å²) in [4.78, 5) is 0. The fourth-order valence-electron chi connectivity index (χ4n) is 1.55. The molecule has 0 amide bonds. The Bertz CT molecular complexity index is 512. The highest BCUT2D eigenvalue weighted by Crippen LogP contribution is 2.17. The van der Waals surface area contributed by atoms with Crippen LogP contribution < -0.4 is 4.74 Å². The average molecular weight is 386 g/mol. The lowest BCUT2D eigenvalue weighted by atomic mass is 10.2. The van der Waals surface area contributed by atoms with Crippen LogP contribution in [0.5, 0.6) is 5.75 Å². The third-order valence-corrected chi connectivity index (χ3v) is 3.83. The summed E-state index contributed by atoms with van der Waals surface area (Å²) in [6.45, 7) is 1.70. The standard InChI is InChI=1S/C15H14Br2O2/c16-13-5-7-14(8-6-13)19-10-9-18-11-12-3-1-2-4-15(12)17/h1-8H,9-11H2. The summed E-state index contributed by atoms with van der Waals surface area (Å²) in [5.41, 5.74) is 1.14. The molecular weight excluding hydrogens is 372 g/mol. The minimum absolute atomic E-state index is 0.548. The lowest BCUT2D eigenvalue weighted by molar-refractivity contribution is 0.0886. The molecule has 0 saturated heterocycles. The van der Waals surface area contributed by atoms with Crippen molar-refractivity contribution in [2.45, 2.75) is 6.61 Å². The van der Waals surface area contributed by atoms with Gasteiger partial charge in [0.1, 0.15) is 12.4 Å². The summed E-state index contributed by atoms with van der Waals surface area (Å²) in [6.07, 6.45) is 0. The first kappa shape index (κ1) is 14.6. The Morgan fingerprint density at radius 3 is 2.32 bits per heavy atom. The molecule has 0 saturated carbocycles. The van der Waals surface area contributed by atoms with E-state index in [2.05, 4.69) is 31.9 Å². The summed E-state index contributed by atoms with van der Waals surface area (Å²) >= 11 is 6.88. The predicted molar refractivity (Wildman–Crippen MR) is 83.4 cm³/mol. The second-order valence-electron chi connectivity index (χ2n) is 3.95. The molecule has 0 fully saturated rings. The summed E-state index contributed by atoms with van der Waals surface area (Å²) in [5.74, 6) is 0.854. The zero-order valence-electron chi connectivity index (χ0n) is 10.3. The topological polar surface area (TPSA) is 18.5 Å². The molecule has 0 radical (unpaired) electrons. The highest BCUT2D eigenvalue weighted by Gasteiger charge is 1.98. The molecule has 2 rings (SSSR count). The second kappa shape index (κ2) is 7.68. The van der Waals surface area contributed by atoms with E-state index in [0.717, 1.165) is 20.3 Å². The van der Waals surface area contributed by atoms with E-state index >= 15 is 0 Å². The maximum absolute atomic E-state index is 5.58. The Balaban J connectivity index is 1.67. The molecule has 0 aliphatic heterocycles. The van der Waals surface area contributed by atoms with Crippen LogP contribution in [-0.2, 0) is 11.3 Å². The van der Waals surface area contributed by atoms with Crippen molar-refractivity contribution in [2.24, 2.45) is 0 Å². The van der Waals surface area contributed by atoms with Gasteiger partial charge in [0.15, 0.2) is 0 Å². The normalized spacial score (nSPS) is 10.4. The lowest BCUT2D eigenvalue weighted by Gasteiger charge is -2.08. The van der Waals surface area contributed by atoms with Gasteiger partial charge in [0, 0.05) is 8.95 Å². The lowest BCUT2D eigenvalue weighted by Crippen LogP contribution is -2.06. The largest absolute Gasteiger partial charge is 0.491 e. The van der Waals surface area contributed by atoms with Crippen LogP contribution in [0.2, 0.25) is 0 Å². The molecule has 2 aromatic carbocycles. The Morgan fingerprint density at radius 2 is 1.58 bits per heavy atom. The zero-order chi connectivity index (χ0) is 13.5. The number of halogens is 2. The van der Waals surface area contributed by atoms with E-state index in [0.29, 0.717) is 19.8 Å². The van der Waals surface area contributed by atoms with Crippen molar-refractivity contribution in [2.75, 3.05) is 13.2 Å². The van der Waals surface area contributed by atoms with Crippen molar-refractivity contribution < 1.29 is 9.47 Å². The van der Waals surface area contributed by atoms with Crippen molar-refractivity contribution in [3.63, 3.8) is 0 Å². The van der Waals surface area contributed by atoms with Gasteiger partial charge in [-0.25, -0.2) is 0 Å². The van der Waals surface area contributed by atoms with Gasteiger partial charge >= 0.3 is 0 Å². The first-order chi connectivity index (χ1) is 9.25. The summed E-state index contributed by atoms with van der Waals surface area (Å²) in [6, 6.07) is 15.8.